The van der Waals surface area contributed by atoms with Gasteiger partial charge in [0.1, 0.15) is 4.75 Å². The predicted molar refractivity (Wildman–Crippen MR) is 71.2 cm³/mol. The number of hydrogen-bond donors (Lipinski definition) is 0. The summed E-state index contributed by atoms with van der Waals surface area (Å²) in [6.45, 7) is 4.50. The molecule has 6 heteroatoms. The summed E-state index contributed by atoms with van der Waals surface area (Å²) in [4.78, 5) is 12.3. The summed E-state index contributed by atoms with van der Waals surface area (Å²) in [5.41, 5.74) is 0.848. The van der Waals surface area contributed by atoms with Crippen molar-refractivity contribution in [2.75, 3.05) is 0 Å². The number of halogens is 2. The minimum atomic E-state index is -3.76. The van der Waals surface area contributed by atoms with Gasteiger partial charge in [0, 0.05) is 5.56 Å². The second-order valence-electron chi connectivity index (χ2n) is 4.92. The second-order valence-corrected chi connectivity index (χ2v) is 8.71. The average molecular weight is 307 g/mol. The van der Waals surface area contributed by atoms with Crippen LogP contribution in [0.5, 0.6) is 0 Å². The number of aryl methyl sites for hydroxylation is 1. The lowest BCUT2D eigenvalue weighted by molar-refractivity contribution is 0.0951. The Bertz CT molecular complexity index is 645. The lowest BCUT2D eigenvalue weighted by Gasteiger charge is -2.39. The third-order valence-electron chi connectivity index (χ3n) is 3.38. The fourth-order valence-corrected chi connectivity index (χ4v) is 4.42. The van der Waals surface area contributed by atoms with E-state index in [0.717, 1.165) is 5.56 Å². The van der Waals surface area contributed by atoms with Crippen LogP contribution in [0, 0.1) is 6.92 Å². The number of hydrogen-bond acceptors (Lipinski definition) is 3. The first-order valence-corrected chi connectivity index (χ1v) is 7.55. The molecule has 0 radical (unpaired) electrons. The van der Waals surface area contributed by atoms with E-state index in [2.05, 4.69) is 0 Å². The van der Waals surface area contributed by atoms with Crippen LogP contribution in [-0.2, 0) is 9.84 Å². The summed E-state index contributed by atoms with van der Waals surface area (Å²) in [6.07, 6.45) is 0. The molecule has 0 fully saturated rings. The van der Waals surface area contributed by atoms with Crippen molar-refractivity contribution in [3.63, 3.8) is 0 Å². The lowest BCUT2D eigenvalue weighted by Crippen LogP contribution is -2.56. The molecule has 0 atom stereocenters. The molecule has 0 unspecified atom stereocenters. The molecule has 2 rings (SSSR count). The molecule has 1 aliphatic rings. The topological polar surface area (TPSA) is 51.2 Å². The van der Waals surface area contributed by atoms with Gasteiger partial charge < -0.3 is 0 Å². The van der Waals surface area contributed by atoms with E-state index in [0.29, 0.717) is 0 Å². The number of benzene rings is 1. The summed E-state index contributed by atoms with van der Waals surface area (Å²) in [5, 5.41) is 0. The zero-order valence-corrected chi connectivity index (χ0v) is 12.4. The SMILES string of the molecule is Cc1ccc2c(c1)C(=O)C(Cl)(Cl)C(C)(C)S2(=O)=O. The van der Waals surface area contributed by atoms with Crippen LogP contribution in [-0.4, -0.2) is 23.3 Å². The van der Waals surface area contributed by atoms with E-state index < -0.39 is 24.7 Å². The number of carbonyl (C=O) groups excluding carboxylic acids is 1. The Morgan fingerprint density at radius 2 is 1.72 bits per heavy atom. The standard InChI is InChI=1S/C12H12Cl2O3S/c1-7-4-5-9-8(6-7)10(15)12(13,14)11(2,3)18(9,16)17/h4-6H,1-3H3. The largest absolute Gasteiger partial charge is 0.291 e. The molecular weight excluding hydrogens is 295 g/mol. The number of rotatable bonds is 0. The maximum Gasteiger partial charge on any atom is 0.201 e. The molecule has 18 heavy (non-hydrogen) atoms. The zero-order chi connectivity index (χ0) is 13.9. The predicted octanol–water partition coefficient (Wildman–Crippen LogP) is 2.92. The van der Waals surface area contributed by atoms with Crippen LogP contribution in [0.15, 0.2) is 23.1 Å². The Morgan fingerprint density at radius 3 is 2.28 bits per heavy atom. The normalized spacial score (nSPS) is 23.5. The van der Waals surface area contributed by atoms with E-state index >= 15 is 0 Å². The quantitative estimate of drug-likeness (QED) is 0.693. The van der Waals surface area contributed by atoms with Crippen molar-refractivity contribution < 1.29 is 13.2 Å². The smallest absolute Gasteiger partial charge is 0.201 e. The monoisotopic (exact) mass is 306 g/mol. The molecule has 1 heterocycles. The molecule has 0 saturated heterocycles. The van der Waals surface area contributed by atoms with Gasteiger partial charge in [0.15, 0.2) is 14.2 Å². The third-order valence-corrected chi connectivity index (χ3v) is 7.48. The first-order valence-electron chi connectivity index (χ1n) is 5.31. The van der Waals surface area contributed by atoms with Gasteiger partial charge in [-0.25, -0.2) is 8.42 Å². The second kappa shape index (κ2) is 3.71. The van der Waals surface area contributed by atoms with Crippen LogP contribution >= 0.6 is 23.2 Å². The van der Waals surface area contributed by atoms with Crippen molar-refractivity contribution in [1.82, 2.24) is 0 Å². The Hall–Kier alpha value is -0.580. The average Bonchev–Trinajstić information content (AvgIpc) is 2.25. The van der Waals surface area contributed by atoms with Crippen LogP contribution in [0.25, 0.3) is 0 Å². The molecule has 1 aromatic rings. The lowest BCUT2D eigenvalue weighted by atomic mass is 9.97. The summed E-state index contributed by atoms with van der Waals surface area (Å²) in [5.74, 6) is -0.565. The fraction of sp³-hybridized carbons (Fsp3) is 0.417. The molecule has 0 N–H and O–H groups in total. The van der Waals surface area contributed by atoms with Crippen LogP contribution < -0.4 is 0 Å². The Labute approximate surface area is 116 Å². The van der Waals surface area contributed by atoms with Gasteiger partial charge in [-0.15, -0.1) is 0 Å². The number of Topliss-reactive ketones (excluding diaryl/α,β-unsaturated/α-hetero) is 1. The van der Waals surface area contributed by atoms with E-state index in [1.54, 1.807) is 13.0 Å². The molecule has 3 nitrogen and oxygen atoms in total. The van der Waals surface area contributed by atoms with Crippen molar-refractivity contribution in [1.29, 1.82) is 0 Å². The van der Waals surface area contributed by atoms with Crippen molar-refractivity contribution >= 4 is 38.8 Å². The molecule has 0 bridgehead atoms. The summed E-state index contributed by atoms with van der Waals surface area (Å²) in [7, 11) is -3.76. The highest BCUT2D eigenvalue weighted by atomic mass is 35.5. The van der Waals surface area contributed by atoms with E-state index in [4.69, 9.17) is 23.2 Å². The van der Waals surface area contributed by atoms with E-state index in [1.807, 2.05) is 0 Å². The van der Waals surface area contributed by atoms with Crippen molar-refractivity contribution in [3.8, 4) is 0 Å². The Morgan fingerprint density at radius 1 is 1.17 bits per heavy atom. The van der Waals surface area contributed by atoms with E-state index in [1.165, 1.54) is 26.0 Å². The van der Waals surface area contributed by atoms with E-state index in [-0.39, 0.29) is 10.5 Å². The maximum atomic E-state index is 12.5. The van der Waals surface area contributed by atoms with Crippen LogP contribution in [0.3, 0.4) is 0 Å². The molecule has 0 spiro atoms. The summed E-state index contributed by atoms with van der Waals surface area (Å²) >= 11 is 12.0. The van der Waals surface area contributed by atoms with Crippen LogP contribution in [0.1, 0.15) is 29.8 Å². The number of ketones is 1. The van der Waals surface area contributed by atoms with Crippen LogP contribution in [0.2, 0.25) is 0 Å². The molecule has 1 aliphatic heterocycles. The van der Waals surface area contributed by atoms with Gasteiger partial charge in [0.2, 0.25) is 5.78 Å². The fourth-order valence-electron chi connectivity index (χ4n) is 1.94. The van der Waals surface area contributed by atoms with Crippen molar-refractivity contribution in [2.45, 2.75) is 34.7 Å². The molecular formula is C12H12Cl2O3S. The number of carbonyl (C=O) groups is 1. The van der Waals surface area contributed by atoms with Gasteiger partial charge in [-0.2, -0.15) is 0 Å². The zero-order valence-electron chi connectivity index (χ0n) is 10.1. The summed E-state index contributed by atoms with van der Waals surface area (Å²) < 4.78 is 21.4. The Balaban J connectivity index is 2.92. The summed E-state index contributed by atoms with van der Waals surface area (Å²) in [6, 6.07) is 4.59. The van der Waals surface area contributed by atoms with Crippen molar-refractivity contribution in [2.24, 2.45) is 0 Å². The van der Waals surface area contributed by atoms with Gasteiger partial charge in [0.25, 0.3) is 0 Å². The highest BCUT2D eigenvalue weighted by Crippen LogP contribution is 2.49. The van der Waals surface area contributed by atoms with Crippen LogP contribution in [0.4, 0.5) is 0 Å². The molecule has 0 aliphatic carbocycles. The van der Waals surface area contributed by atoms with Gasteiger partial charge in [0.05, 0.1) is 4.90 Å². The van der Waals surface area contributed by atoms with Crippen molar-refractivity contribution in [3.05, 3.63) is 29.3 Å². The molecule has 0 saturated carbocycles. The number of sulfone groups is 1. The molecule has 98 valence electrons. The molecule has 0 amide bonds. The van der Waals surface area contributed by atoms with Gasteiger partial charge in [-0.1, -0.05) is 34.8 Å². The highest BCUT2D eigenvalue weighted by molar-refractivity contribution is 7.93. The minimum absolute atomic E-state index is 0.0000231. The number of alkyl halides is 2. The van der Waals surface area contributed by atoms with Gasteiger partial charge in [-0.05, 0) is 32.9 Å². The first kappa shape index (κ1) is 13.8. The van der Waals surface area contributed by atoms with Gasteiger partial charge in [-0.3, -0.25) is 4.79 Å². The van der Waals surface area contributed by atoms with Gasteiger partial charge >= 0.3 is 0 Å². The molecule has 1 aromatic carbocycles. The Kier molecular flexibility index (Phi) is 2.86. The highest BCUT2D eigenvalue weighted by Gasteiger charge is 2.61. The minimum Gasteiger partial charge on any atom is -0.291 e. The molecule has 0 aromatic heterocycles. The number of fused-ring (bicyclic) bond motifs is 1. The third kappa shape index (κ3) is 1.49. The first-order chi connectivity index (χ1) is 8.03. The maximum absolute atomic E-state index is 12.5. The van der Waals surface area contributed by atoms with E-state index in [9.17, 15) is 13.2 Å².